The van der Waals surface area contributed by atoms with Crippen LogP contribution in [0.1, 0.15) is 53.5 Å². The topological polar surface area (TPSA) is 60.9 Å². The number of hydrogen-bond donors (Lipinski definition) is 1. The standard InChI is InChI=1S/C13H17N3OS/c1-8-10-7-11(12(14)17)18-13(10)16(15-8)9-5-3-2-4-6-9/h7,9H,2-6H2,1H3,(H2,14,17). The number of thiophene rings is 1. The van der Waals surface area contributed by atoms with Crippen molar-refractivity contribution in [3.63, 3.8) is 0 Å². The molecule has 2 aromatic rings. The molecule has 0 unspecified atom stereocenters. The number of aromatic nitrogens is 2. The van der Waals surface area contributed by atoms with Crippen LogP contribution in [0, 0.1) is 6.92 Å². The number of nitrogens with zero attached hydrogens (tertiary/aromatic N) is 2. The van der Waals surface area contributed by atoms with Crippen LogP contribution in [0.4, 0.5) is 0 Å². The number of carbonyl (C=O) groups excluding carboxylic acids is 1. The van der Waals surface area contributed by atoms with Crippen molar-refractivity contribution in [1.82, 2.24) is 9.78 Å². The predicted molar refractivity (Wildman–Crippen MR) is 73.0 cm³/mol. The highest BCUT2D eigenvalue weighted by Crippen LogP contribution is 2.35. The number of amides is 1. The highest BCUT2D eigenvalue weighted by molar-refractivity contribution is 7.20. The van der Waals surface area contributed by atoms with Gasteiger partial charge in [-0.3, -0.25) is 9.48 Å². The van der Waals surface area contributed by atoms with E-state index in [4.69, 9.17) is 5.73 Å². The maximum absolute atomic E-state index is 11.3. The second kappa shape index (κ2) is 4.39. The lowest BCUT2D eigenvalue weighted by Gasteiger charge is -2.22. The molecule has 3 rings (SSSR count). The van der Waals surface area contributed by atoms with E-state index >= 15 is 0 Å². The third-order valence-corrected chi connectivity index (χ3v) is 4.87. The zero-order chi connectivity index (χ0) is 12.7. The van der Waals surface area contributed by atoms with Gasteiger partial charge in [-0.15, -0.1) is 11.3 Å². The van der Waals surface area contributed by atoms with Gasteiger partial charge in [0.2, 0.25) is 0 Å². The molecule has 0 aliphatic heterocycles. The molecular weight excluding hydrogens is 246 g/mol. The molecule has 1 fully saturated rings. The van der Waals surface area contributed by atoms with Crippen LogP contribution in [-0.4, -0.2) is 15.7 Å². The minimum atomic E-state index is -0.342. The van der Waals surface area contributed by atoms with Crippen molar-refractivity contribution in [3.05, 3.63) is 16.6 Å². The van der Waals surface area contributed by atoms with E-state index < -0.39 is 0 Å². The molecule has 0 aromatic carbocycles. The van der Waals surface area contributed by atoms with Gasteiger partial charge < -0.3 is 5.73 Å². The van der Waals surface area contributed by atoms with Crippen LogP contribution in [0.2, 0.25) is 0 Å². The molecule has 1 aliphatic carbocycles. The van der Waals surface area contributed by atoms with E-state index in [1.165, 1.54) is 43.4 Å². The van der Waals surface area contributed by atoms with E-state index in [1.54, 1.807) is 0 Å². The maximum atomic E-state index is 11.3. The smallest absolute Gasteiger partial charge is 0.258 e. The molecule has 1 amide bonds. The van der Waals surface area contributed by atoms with E-state index in [0.29, 0.717) is 10.9 Å². The third kappa shape index (κ3) is 1.82. The Morgan fingerprint density at radius 3 is 2.83 bits per heavy atom. The first-order chi connectivity index (χ1) is 8.66. The Hall–Kier alpha value is -1.36. The molecule has 5 heteroatoms. The Morgan fingerprint density at radius 2 is 2.17 bits per heavy atom. The molecule has 2 heterocycles. The van der Waals surface area contributed by atoms with Crippen LogP contribution in [0.15, 0.2) is 6.07 Å². The summed E-state index contributed by atoms with van der Waals surface area (Å²) in [5, 5.41) is 5.73. The lowest BCUT2D eigenvalue weighted by atomic mass is 9.96. The van der Waals surface area contributed by atoms with Crippen LogP contribution in [0.5, 0.6) is 0 Å². The summed E-state index contributed by atoms with van der Waals surface area (Å²) in [6.07, 6.45) is 6.27. The molecule has 2 N–H and O–H groups in total. The average molecular weight is 263 g/mol. The van der Waals surface area contributed by atoms with Crippen LogP contribution in [-0.2, 0) is 0 Å². The molecule has 96 valence electrons. The molecule has 4 nitrogen and oxygen atoms in total. The van der Waals surface area contributed by atoms with Crippen molar-refractivity contribution in [1.29, 1.82) is 0 Å². The monoisotopic (exact) mass is 263 g/mol. The summed E-state index contributed by atoms with van der Waals surface area (Å²) in [6, 6.07) is 2.37. The normalized spacial score (nSPS) is 17.4. The van der Waals surface area contributed by atoms with Crippen molar-refractivity contribution in [2.75, 3.05) is 0 Å². The van der Waals surface area contributed by atoms with Gasteiger partial charge in [0.05, 0.1) is 16.6 Å². The van der Waals surface area contributed by atoms with E-state index in [1.807, 2.05) is 13.0 Å². The van der Waals surface area contributed by atoms with Crippen molar-refractivity contribution in [2.45, 2.75) is 45.1 Å². The fourth-order valence-corrected chi connectivity index (χ4v) is 3.85. The molecule has 2 aromatic heterocycles. The quantitative estimate of drug-likeness (QED) is 0.905. The van der Waals surface area contributed by atoms with Crippen molar-refractivity contribution >= 4 is 27.5 Å². The van der Waals surface area contributed by atoms with Gasteiger partial charge in [0.25, 0.3) is 5.91 Å². The van der Waals surface area contributed by atoms with Crippen LogP contribution in [0.25, 0.3) is 10.2 Å². The van der Waals surface area contributed by atoms with E-state index in [2.05, 4.69) is 9.78 Å². The van der Waals surface area contributed by atoms with Gasteiger partial charge in [-0.1, -0.05) is 19.3 Å². The first-order valence-electron chi connectivity index (χ1n) is 6.45. The molecule has 0 bridgehead atoms. The molecule has 0 saturated heterocycles. The van der Waals surface area contributed by atoms with Gasteiger partial charge >= 0.3 is 0 Å². The van der Waals surface area contributed by atoms with Crippen molar-refractivity contribution in [3.8, 4) is 0 Å². The summed E-state index contributed by atoms with van der Waals surface area (Å²) in [5.41, 5.74) is 6.36. The first-order valence-corrected chi connectivity index (χ1v) is 7.27. The number of fused-ring (bicyclic) bond motifs is 1. The Balaban J connectivity index is 2.08. The molecule has 18 heavy (non-hydrogen) atoms. The number of nitrogens with two attached hydrogens (primary N) is 1. The fraction of sp³-hybridized carbons (Fsp3) is 0.538. The second-order valence-electron chi connectivity index (χ2n) is 5.02. The maximum Gasteiger partial charge on any atom is 0.258 e. The minimum Gasteiger partial charge on any atom is -0.365 e. The van der Waals surface area contributed by atoms with E-state index in [9.17, 15) is 4.79 Å². The second-order valence-corrected chi connectivity index (χ2v) is 6.05. The fourth-order valence-electron chi connectivity index (χ4n) is 2.77. The minimum absolute atomic E-state index is 0.342. The van der Waals surface area contributed by atoms with Crippen LogP contribution >= 0.6 is 11.3 Å². The van der Waals surface area contributed by atoms with Gasteiger partial charge in [-0.2, -0.15) is 5.10 Å². The highest BCUT2D eigenvalue weighted by atomic mass is 32.1. The van der Waals surface area contributed by atoms with E-state index in [-0.39, 0.29) is 5.91 Å². The summed E-state index contributed by atoms with van der Waals surface area (Å²) < 4.78 is 2.13. The third-order valence-electron chi connectivity index (χ3n) is 3.73. The number of rotatable bonds is 2. The van der Waals surface area contributed by atoms with Gasteiger partial charge in [0.15, 0.2) is 0 Å². The summed E-state index contributed by atoms with van der Waals surface area (Å²) in [6.45, 7) is 2.00. The summed E-state index contributed by atoms with van der Waals surface area (Å²) in [7, 11) is 0. The molecule has 0 spiro atoms. The zero-order valence-corrected chi connectivity index (χ0v) is 11.3. The number of hydrogen-bond acceptors (Lipinski definition) is 3. The van der Waals surface area contributed by atoms with Crippen molar-refractivity contribution in [2.24, 2.45) is 5.73 Å². The summed E-state index contributed by atoms with van der Waals surface area (Å²) in [5.74, 6) is -0.342. The Bertz CT molecular complexity index is 593. The Kier molecular flexibility index (Phi) is 2.86. The lowest BCUT2D eigenvalue weighted by molar-refractivity contribution is 0.100. The largest absolute Gasteiger partial charge is 0.365 e. The summed E-state index contributed by atoms with van der Waals surface area (Å²) in [4.78, 5) is 13.0. The van der Waals surface area contributed by atoms with Gasteiger partial charge in [-0.25, -0.2) is 0 Å². The SMILES string of the molecule is Cc1nn(C2CCCCC2)c2sc(C(N)=O)cc12. The predicted octanol–water partition coefficient (Wildman–Crippen LogP) is 3.01. The molecule has 0 atom stereocenters. The Morgan fingerprint density at radius 1 is 1.44 bits per heavy atom. The first kappa shape index (κ1) is 11.7. The van der Waals surface area contributed by atoms with Crippen LogP contribution in [0.3, 0.4) is 0 Å². The Labute approximate surface area is 110 Å². The zero-order valence-electron chi connectivity index (χ0n) is 10.5. The average Bonchev–Trinajstić information content (AvgIpc) is 2.92. The molecule has 1 aliphatic rings. The number of carbonyl (C=O) groups is 1. The van der Waals surface area contributed by atoms with Gasteiger partial charge in [0, 0.05) is 5.39 Å². The summed E-state index contributed by atoms with van der Waals surface area (Å²) >= 11 is 1.47. The molecule has 1 saturated carbocycles. The van der Waals surface area contributed by atoms with E-state index in [0.717, 1.165) is 15.9 Å². The van der Waals surface area contributed by atoms with Crippen LogP contribution < -0.4 is 5.73 Å². The van der Waals surface area contributed by atoms with Gasteiger partial charge in [-0.05, 0) is 25.8 Å². The van der Waals surface area contributed by atoms with Crippen molar-refractivity contribution < 1.29 is 4.79 Å². The highest BCUT2D eigenvalue weighted by Gasteiger charge is 2.21. The molecule has 0 radical (unpaired) electrons. The number of primary amides is 1. The lowest BCUT2D eigenvalue weighted by Crippen LogP contribution is -2.13. The molecular formula is C13H17N3OS. The number of aryl methyl sites for hydroxylation is 1. The van der Waals surface area contributed by atoms with Gasteiger partial charge in [0.1, 0.15) is 4.83 Å².